The van der Waals surface area contributed by atoms with Crippen molar-refractivity contribution in [2.45, 2.75) is 43.4 Å². The summed E-state index contributed by atoms with van der Waals surface area (Å²) in [6.07, 6.45) is 5.68. The lowest BCUT2D eigenvalue weighted by Gasteiger charge is -2.30. The predicted molar refractivity (Wildman–Crippen MR) is 124 cm³/mol. The molecule has 150 valence electrons. The van der Waals surface area contributed by atoms with Crippen molar-refractivity contribution in [1.82, 2.24) is 0 Å². The summed E-state index contributed by atoms with van der Waals surface area (Å²) in [6, 6.07) is 26.3. The lowest BCUT2D eigenvalue weighted by molar-refractivity contribution is 0.0697. The average Bonchev–Trinajstić information content (AvgIpc) is 2.77. The first kappa shape index (κ1) is 21.3. The van der Waals surface area contributed by atoms with Crippen LogP contribution in [-0.2, 0) is 4.32 Å². The largest absolute Gasteiger partial charge is 0.478 e. The SMILES string of the molecule is CCCCCCC(Br)(c1ccc(C(=O)O)cc1)c1cccc(-c2ccccc2)c1. The second-order valence-corrected chi connectivity index (χ2v) is 8.79. The van der Waals surface area contributed by atoms with Crippen molar-refractivity contribution in [2.75, 3.05) is 0 Å². The Kier molecular flexibility index (Phi) is 7.27. The first-order valence-electron chi connectivity index (χ1n) is 10.2. The molecular weight excluding hydrogens is 424 g/mol. The first-order valence-corrected chi connectivity index (χ1v) is 11.0. The number of carboxylic acid groups (broad SMARTS) is 1. The number of hydrogen-bond acceptors (Lipinski definition) is 1. The molecule has 1 unspecified atom stereocenters. The highest BCUT2D eigenvalue weighted by Crippen LogP contribution is 2.44. The van der Waals surface area contributed by atoms with Gasteiger partial charge in [0.1, 0.15) is 0 Å². The zero-order chi connectivity index (χ0) is 20.7. The van der Waals surface area contributed by atoms with Gasteiger partial charge in [-0.05, 0) is 46.9 Å². The van der Waals surface area contributed by atoms with Gasteiger partial charge in [-0.3, -0.25) is 0 Å². The number of carbonyl (C=O) groups is 1. The molecule has 0 spiro atoms. The molecule has 3 rings (SSSR count). The Labute approximate surface area is 181 Å². The molecule has 0 aromatic heterocycles. The van der Waals surface area contributed by atoms with Crippen molar-refractivity contribution in [2.24, 2.45) is 0 Å². The van der Waals surface area contributed by atoms with Crippen molar-refractivity contribution in [3.8, 4) is 11.1 Å². The van der Waals surface area contributed by atoms with Crippen LogP contribution < -0.4 is 0 Å². The van der Waals surface area contributed by atoms with Gasteiger partial charge in [0.05, 0.1) is 9.89 Å². The van der Waals surface area contributed by atoms with Crippen molar-refractivity contribution in [3.63, 3.8) is 0 Å². The number of benzene rings is 3. The van der Waals surface area contributed by atoms with Crippen molar-refractivity contribution in [3.05, 3.63) is 95.6 Å². The highest BCUT2D eigenvalue weighted by atomic mass is 79.9. The molecule has 0 saturated carbocycles. The fourth-order valence-corrected chi connectivity index (χ4v) is 4.49. The molecule has 3 aromatic carbocycles. The topological polar surface area (TPSA) is 37.3 Å². The highest BCUT2D eigenvalue weighted by Gasteiger charge is 2.31. The van der Waals surface area contributed by atoms with Crippen molar-refractivity contribution >= 4 is 21.9 Å². The second kappa shape index (κ2) is 9.89. The van der Waals surface area contributed by atoms with Crippen LogP contribution >= 0.6 is 15.9 Å². The average molecular weight is 451 g/mol. The van der Waals surface area contributed by atoms with Gasteiger partial charge in [-0.15, -0.1) is 0 Å². The minimum atomic E-state index is -0.897. The number of carboxylic acids is 1. The van der Waals surface area contributed by atoms with Crippen molar-refractivity contribution < 1.29 is 9.90 Å². The quantitative estimate of drug-likeness (QED) is 0.268. The normalized spacial score (nSPS) is 13.0. The van der Waals surface area contributed by atoms with E-state index in [4.69, 9.17) is 0 Å². The minimum absolute atomic E-state index is 0.313. The Morgan fingerprint density at radius 2 is 1.52 bits per heavy atom. The maximum Gasteiger partial charge on any atom is 0.335 e. The maximum absolute atomic E-state index is 11.3. The summed E-state index contributed by atoms with van der Waals surface area (Å²) in [5.41, 5.74) is 4.97. The van der Waals surface area contributed by atoms with Gasteiger partial charge >= 0.3 is 5.97 Å². The van der Waals surface area contributed by atoms with E-state index in [0.29, 0.717) is 5.56 Å². The van der Waals surface area contributed by atoms with Gasteiger partial charge in [0.15, 0.2) is 0 Å². The molecule has 0 bridgehead atoms. The molecule has 29 heavy (non-hydrogen) atoms. The van der Waals surface area contributed by atoms with E-state index in [9.17, 15) is 9.90 Å². The lowest BCUT2D eigenvalue weighted by atomic mass is 9.85. The Morgan fingerprint density at radius 3 is 2.17 bits per heavy atom. The van der Waals surface area contributed by atoms with Crippen LogP contribution in [0.5, 0.6) is 0 Å². The Morgan fingerprint density at radius 1 is 0.828 bits per heavy atom. The van der Waals surface area contributed by atoms with Gasteiger partial charge in [-0.1, -0.05) is 109 Å². The van der Waals surface area contributed by atoms with Gasteiger partial charge in [-0.25, -0.2) is 4.79 Å². The van der Waals surface area contributed by atoms with Gasteiger partial charge in [0.2, 0.25) is 0 Å². The van der Waals surface area contributed by atoms with E-state index in [0.717, 1.165) is 18.4 Å². The Bertz CT molecular complexity index is 934. The molecule has 0 aliphatic heterocycles. The Balaban J connectivity index is 1.99. The summed E-state index contributed by atoms with van der Waals surface area (Å²) in [4.78, 5) is 11.3. The molecule has 0 fully saturated rings. The molecule has 2 nitrogen and oxygen atoms in total. The van der Waals surface area contributed by atoms with Crippen LogP contribution in [0, 0.1) is 0 Å². The molecule has 0 heterocycles. The third kappa shape index (κ3) is 5.16. The van der Waals surface area contributed by atoms with E-state index >= 15 is 0 Å². The predicted octanol–water partition coefficient (Wildman–Crippen LogP) is 7.66. The molecule has 0 amide bonds. The number of aromatic carboxylic acids is 1. The number of halogens is 1. The van der Waals surface area contributed by atoms with E-state index in [1.807, 2.05) is 18.2 Å². The van der Waals surface area contributed by atoms with E-state index in [2.05, 4.69) is 71.4 Å². The van der Waals surface area contributed by atoms with Crippen molar-refractivity contribution in [1.29, 1.82) is 0 Å². The van der Waals surface area contributed by atoms with Gasteiger partial charge in [-0.2, -0.15) is 0 Å². The maximum atomic E-state index is 11.3. The molecular formula is C26H27BrO2. The van der Waals surface area contributed by atoms with Crippen LogP contribution in [0.25, 0.3) is 11.1 Å². The zero-order valence-electron chi connectivity index (χ0n) is 16.8. The van der Waals surface area contributed by atoms with E-state index < -0.39 is 5.97 Å². The van der Waals surface area contributed by atoms with Gasteiger partial charge in [0, 0.05) is 0 Å². The summed E-state index contributed by atoms with van der Waals surface area (Å²) in [6.45, 7) is 2.22. The summed E-state index contributed by atoms with van der Waals surface area (Å²) in [7, 11) is 0. The van der Waals surface area contributed by atoms with Crippen LogP contribution in [0.1, 0.15) is 60.5 Å². The molecule has 1 atom stereocenters. The number of hydrogen-bond donors (Lipinski definition) is 1. The number of rotatable bonds is 9. The zero-order valence-corrected chi connectivity index (χ0v) is 18.4. The fraction of sp³-hybridized carbons (Fsp3) is 0.269. The van der Waals surface area contributed by atoms with Crippen LogP contribution in [0.15, 0.2) is 78.9 Å². The smallest absolute Gasteiger partial charge is 0.335 e. The van der Waals surface area contributed by atoms with Gasteiger partial charge in [0.25, 0.3) is 0 Å². The standard InChI is InChI=1S/C26H27BrO2/c1-2-3-4-8-18-26(27,23-16-14-21(15-17-23)25(28)29)24-13-9-12-22(19-24)20-10-6-5-7-11-20/h5-7,9-17,19H,2-4,8,18H2,1H3,(H,28,29). The number of unbranched alkanes of at least 4 members (excludes halogenated alkanes) is 3. The summed E-state index contributed by atoms with van der Waals surface area (Å²) in [5, 5.41) is 9.25. The minimum Gasteiger partial charge on any atom is -0.478 e. The second-order valence-electron chi connectivity index (χ2n) is 7.44. The summed E-state index contributed by atoms with van der Waals surface area (Å²) < 4.78 is -0.345. The monoisotopic (exact) mass is 450 g/mol. The molecule has 0 saturated heterocycles. The van der Waals surface area contributed by atoms with Crippen LogP contribution in [-0.4, -0.2) is 11.1 Å². The van der Waals surface area contributed by atoms with Gasteiger partial charge < -0.3 is 5.11 Å². The van der Waals surface area contributed by atoms with Crippen LogP contribution in [0.2, 0.25) is 0 Å². The van der Waals surface area contributed by atoms with E-state index in [1.165, 1.54) is 36.0 Å². The molecule has 1 N–H and O–H groups in total. The summed E-state index contributed by atoms with van der Waals surface area (Å²) >= 11 is 4.07. The van der Waals surface area contributed by atoms with E-state index in [1.54, 1.807) is 12.1 Å². The van der Waals surface area contributed by atoms with E-state index in [-0.39, 0.29) is 4.32 Å². The Hall–Kier alpha value is -2.39. The molecule has 3 heteroatoms. The summed E-state index contributed by atoms with van der Waals surface area (Å²) in [5.74, 6) is -0.897. The number of alkyl halides is 1. The van der Waals surface area contributed by atoms with Crippen LogP contribution in [0.3, 0.4) is 0 Å². The molecule has 3 aromatic rings. The highest BCUT2D eigenvalue weighted by molar-refractivity contribution is 9.09. The molecule has 0 aliphatic rings. The van der Waals surface area contributed by atoms with Crippen LogP contribution in [0.4, 0.5) is 0 Å². The molecule has 0 aliphatic carbocycles. The fourth-order valence-electron chi connectivity index (χ4n) is 3.70. The third-order valence-electron chi connectivity index (χ3n) is 5.39. The lowest BCUT2D eigenvalue weighted by Crippen LogP contribution is -2.20. The third-order valence-corrected chi connectivity index (χ3v) is 6.70. The molecule has 0 radical (unpaired) electrons. The first-order chi connectivity index (χ1) is 14.0.